The monoisotopic (exact) mass is 590 g/mol. The second-order valence-corrected chi connectivity index (χ2v) is 11.7. The van der Waals surface area contributed by atoms with Gasteiger partial charge in [0.15, 0.2) is 11.2 Å². The Labute approximate surface area is 263 Å². The Kier molecular flexibility index (Phi) is 5.25. The Morgan fingerprint density at radius 3 is 1.57 bits per heavy atom. The highest BCUT2D eigenvalue weighted by Gasteiger charge is 2.24. The summed E-state index contributed by atoms with van der Waals surface area (Å²) < 4.78 is 15.6. The van der Waals surface area contributed by atoms with Crippen LogP contribution in [0.3, 0.4) is 0 Å². The van der Waals surface area contributed by atoms with Crippen LogP contribution in [0.4, 0.5) is 17.1 Å². The van der Waals surface area contributed by atoms with Gasteiger partial charge in [0.25, 0.3) is 0 Å². The highest BCUT2D eigenvalue weighted by molar-refractivity contribution is 6.15. The van der Waals surface area contributed by atoms with Crippen LogP contribution in [-0.2, 0) is 0 Å². The molecule has 0 radical (unpaired) electrons. The van der Waals surface area contributed by atoms with Crippen molar-refractivity contribution in [2.75, 3.05) is 4.90 Å². The minimum atomic E-state index is 0.834. The Morgan fingerprint density at radius 2 is 0.913 bits per heavy atom. The van der Waals surface area contributed by atoms with Gasteiger partial charge >= 0.3 is 0 Å². The summed E-state index contributed by atoms with van der Waals surface area (Å²) >= 11 is 0. The molecule has 46 heavy (non-hydrogen) atoms. The number of furan rings is 2. The molecule has 0 saturated carbocycles. The zero-order chi connectivity index (χ0) is 30.2. The van der Waals surface area contributed by atoms with Crippen molar-refractivity contribution in [3.63, 3.8) is 0 Å². The van der Waals surface area contributed by atoms with Crippen LogP contribution >= 0.6 is 0 Å². The van der Waals surface area contributed by atoms with Crippen molar-refractivity contribution in [1.82, 2.24) is 4.57 Å². The molecule has 0 aliphatic rings. The topological polar surface area (TPSA) is 34.5 Å². The zero-order valence-electron chi connectivity index (χ0n) is 24.7. The first-order valence-corrected chi connectivity index (χ1v) is 15.5. The normalized spacial score (nSPS) is 11.9. The van der Waals surface area contributed by atoms with Gasteiger partial charge in [-0.1, -0.05) is 103 Å². The van der Waals surface area contributed by atoms with E-state index in [9.17, 15) is 0 Å². The van der Waals surface area contributed by atoms with Gasteiger partial charge in [0.1, 0.15) is 11.2 Å². The lowest BCUT2D eigenvalue weighted by molar-refractivity contribution is 0.666. The smallest absolute Gasteiger partial charge is 0.159 e. The fraction of sp³-hybridized carbons (Fsp3) is 0. The summed E-state index contributed by atoms with van der Waals surface area (Å²) in [7, 11) is 0. The molecule has 4 heteroatoms. The third kappa shape index (κ3) is 3.55. The lowest BCUT2D eigenvalue weighted by Gasteiger charge is -2.26. The van der Waals surface area contributed by atoms with Crippen LogP contribution in [0.15, 0.2) is 167 Å². The highest BCUT2D eigenvalue weighted by atomic mass is 16.3. The first-order chi connectivity index (χ1) is 22.8. The van der Waals surface area contributed by atoms with Crippen molar-refractivity contribution >= 4 is 82.7 Å². The van der Waals surface area contributed by atoms with E-state index < -0.39 is 0 Å². The van der Waals surface area contributed by atoms with Crippen LogP contribution in [0.5, 0.6) is 0 Å². The maximum Gasteiger partial charge on any atom is 0.159 e. The molecular weight excluding hydrogens is 564 g/mol. The molecule has 0 N–H and O–H groups in total. The van der Waals surface area contributed by atoms with Crippen molar-refractivity contribution in [3.05, 3.63) is 158 Å². The zero-order valence-corrected chi connectivity index (χ0v) is 24.7. The van der Waals surface area contributed by atoms with Gasteiger partial charge in [0.2, 0.25) is 0 Å². The molecule has 10 rings (SSSR count). The Balaban J connectivity index is 1.32. The maximum atomic E-state index is 6.63. The SMILES string of the molecule is c1ccc(-n2c3ccccc3c3ccc(N(c4cccc5c4oc4ccccc45)c4cccc5c4oc4ccccc45)cc32)cc1. The Morgan fingerprint density at radius 1 is 0.391 bits per heavy atom. The molecule has 7 aromatic carbocycles. The van der Waals surface area contributed by atoms with E-state index in [1.54, 1.807) is 0 Å². The van der Waals surface area contributed by atoms with Gasteiger partial charge in [-0.05, 0) is 54.6 Å². The molecule has 0 aliphatic carbocycles. The third-order valence-electron chi connectivity index (χ3n) is 9.18. The van der Waals surface area contributed by atoms with Gasteiger partial charge in [-0.25, -0.2) is 0 Å². The standard InChI is InChI=1S/C42H26N2O2/c1-2-12-27(13-3-1)43-35-19-7-4-14-29(35)30-25-24-28(26-38(30)43)44(36-20-10-17-33-31-15-5-8-22-39(31)45-41(33)36)37-21-11-18-34-32-16-6-9-23-40(32)46-42(34)37/h1-26H. The molecule has 0 fully saturated rings. The summed E-state index contributed by atoms with van der Waals surface area (Å²) in [6, 6.07) is 55.3. The summed E-state index contributed by atoms with van der Waals surface area (Å²) in [6.45, 7) is 0. The van der Waals surface area contributed by atoms with Gasteiger partial charge < -0.3 is 18.3 Å². The molecular formula is C42H26N2O2. The van der Waals surface area contributed by atoms with Crippen molar-refractivity contribution in [2.24, 2.45) is 0 Å². The van der Waals surface area contributed by atoms with Crippen molar-refractivity contribution in [2.45, 2.75) is 0 Å². The second-order valence-electron chi connectivity index (χ2n) is 11.7. The van der Waals surface area contributed by atoms with E-state index in [4.69, 9.17) is 8.83 Å². The average Bonchev–Trinajstić information content (AvgIpc) is 3.79. The van der Waals surface area contributed by atoms with E-state index >= 15 is 0 Å². The van der Waals surface area contributed by atoms with E-state index in [0.717, 1.165) is 72.1 Å². The van der Waals surface area contributed by atoms with E-state index in [0.29, 0.717) is 0 Å². The fourth-order valence-electron chi connectivity index (χ4n) is 7.18. The maximum absolute atomic E-state index is 6.63. The van der Waals surface area contributed by atoms with Gasteiger partial charge in [0, 0.05) is 43.7 Å². The third-order valence-corrected chi connectivity index (χ3v) is 9.18. The summed E-state index contributed by atoms with van der Waals surface area (Å²) in [5, 5.41) is 6.77. The molecule has 0 unspecified atom stereocenters. The molecule has 0 spiro atoms. The quantitative estimate of drug-likeness (QED) is 0.204. The van der Waals surface area contributed by atoms with Crippen molar-refractivity contribution in [3.8, 4) is 5.69 Å². The van der Waals surface area contributed by atoms with Crippen molar-refractivity contribution in [1.29, 1.82) is 0 Å². The molecule has 0 atom stereocenters. The van der Waals surface area contributed by atoms with Gasteiger partial charge in [-0.15, -0.1) is 0 Å². The predicted octanol–water partition coefficient (Wildman–Crippen LogP) is 12.1. The molecule has 0 aliphatic heterocycles. The molecule has 10 aromatic rings. The van der Waals surface area contributed by atoms with Gasteiger partial charge in [-0.3, -0.25) is 0 Å². The molecule has 3 heterocycles. The first kappa shape index (κ1) is 25.1. The van der Waals surface area contributed by atoms with Crippen LogP contribution in [0.25, 0.3) is 71.4 Å². The van der Waals surface area contributed by atoms with E-state index in [-0.39, 0.29) is 0 Å². The van der Waals surface area contributed by atoms with Crippen LogP contribution in [0, 0.1) is 0 Å². The number of nitrogens with zero attached hydrogens (tertiary/aromatic N) is 2. The molecule has 0 bridgehead atoms. The molecule has 216 valence electrons. The fourth-order valence-corrected chi connectivity index (χ4v) is 7.18. The highest BCUT2D eigenvalue weighted by Crippen LogP contribution is 2.47. The van der Waals surface area contributed by atoms with Crippen LogP contribution in [0.1, 0.15) is 0 Å². The second kappa shape index (κ2) is 9.62. The van der Waals surface area contributed by atoms with E-state index in [2.05, 4.69) is 143 Å². The Hall–Kier alpha value is -6.26. The van der Waals surface area contributed by atoms with Crippen LogP contribution in [-0.4, -0.2) is 4.57 Å². The minimum Gasteiger partial charge on any atom is -0.454 e. The van der Waals surface area contributed by atoms with Gasteiger partial charge in [-0.2, -0.15) is 0 Å². The average molecular weight is 591 g/mol. The molecule has 3 aromatic heterocycles. The first-order valence-electron chi connectivity index (χ1n) is 15.5. The minimum absolute atomic E-state index is 0.834. The number of aromatic nitrogens is 1. The summed E-state index contributed by atoms with van der Waals surface area (Å²) in [5.41, 5.74) is 9.73. The number of hydrogen-bond donors (Lipinski definition) is 0. The number of para-hydroxylation sites is 6. The van der Waals surface area contributed by atoms with Crippen LogP contribution < -0.4 is 4.90 Å². The number of anilines is 3. The summed E-state index contributed by atoms with van der Waals surface area (Å²) in [5.74, 6) is 0. The largest absolute Gasteiger partial charge is 0.454 e. The number of hydrogen-bond acceptors (Lipinski definition) is 3. The lowest BCUT2D eigenvalue weighted by Crippen LogP contribution is -2.10. The summed E-state index contributed by atoms with van der Waals surface area (Å²) in [4.78, 5) is 2.29. The molecule has 0 amide bonds. The Bertz CT molecular complexity index is 2650. The van der Waals surface area contributed by atoms with Crippen LogP contribution in [0.2, 0.25) is 0 Å². The molecule has 4 nitrogen and oxygen atoms in total. The lowest BCUT2D eigenvalue weighted by atomic mass is 10.1. The van der Waals surface area contributed by atoms with Crippen molar-refractivity contribution < 1.29 is 8.83 Å². The molecule has 0 saturated heterocycles. The van der Waals surface area contributed by atoms with Gasteiger partial charge in [0.05, 0.1) is 22.4 Å². The van der Waals surface area contributed by atoms with E-state index in [1.165, 1.54) is 16.3 Å². The number of fused-ring (bicyclic) bond motifs is 9. The number of benzene rings is 7. The number of rotatable bonds is 4. The van der Waals surface area contributed by atoms with E-state index in [1.807, 2.05) is 24.3 Å². The summed E-state index contributed by atoms with van der Waals surface area (Å²) in [6.07, 6.45) is 0. The predicted molar refractivity (Wildman–Crippen MR) is 190 cm³/mol.